The van der Waals surface area contributed by atoms with Crippen molar-refractivity contribution in [3.05, 3.63) is 70.3 Å². The van der Waals surface area contributed by atoms with Gasteiger partial charge in [0.25, 0.3) is 5.91 Å². The Hall–Kier alpha value is -2.55. The number of ether oxygens (including phenoxy) is 1. The first-order valence-electron chi connectivity index (χ1n) is 14.3. The maximum atomic E-state index is 13.2. The largest absolute Gasteiger partial charge is 0.487 e. The zero-order chi connectivity index (χ0) is 28.5. The van der Waals surface area contributed by atoms with E-state index in [1.807, 2.05) is 37.3 Å². The molecular weight excluding hydrogens is 548 g/mol. The lowest BCUT2D eigenvalue weighted by Gasteiger charge is -2.47. The molecule has 2 bridgehead atoms. The highest BCUT2D eigenvalue weighted by atomic mass is 35.5. The minimum absolute atomic E-state index is 0.0956. The van der Waals surface area contributed by atoms with Gasteiger partial charge in [0.2, 0.25) is 10.0 Å². The van der Waals surface area contributed by atoms with Crippen LogP contribution in [0, 0.1) is 11.8 Å². The SMILES string of the molecule is C[C@@H]1CC/C=C/[C@@](C)(O)[C@@H]2CC[C@H]2CN2CCCCc3cc(Cl)ccc3COc3ccc(cc32)C(=O)NS1(=O)=O. The summed E-state index contributed by atoms with van der Waals surface area (Å²) in [5.41, 5.74) is 2.30. The number of amides is 1. The van der Waals surface area contributed by atoms with Crippen LogP contribution >= 0.6 is 11.6 Å². The third-order valence-corrected chi connectivity index (χ3v) is 10.8. The standard InChI is InChI=1S/C31H39ClN2O5S/c1-21-7-3-5-15-31(2,36)27-13-10-24(27)19-34-16-6-4-8-22-17-26(32)12-9-25(22)20-39-29-14-11-23(18-28(29)34)30(35)33-40(21,37)38/h5,9,11-12,14-15,17-18,21,24,27,36H,3-4,6-8,10,13,16,19-20H2,1-2H3,(H,33,35)/b15-5+/t21-,24+,27-,31-/m1/s1. The van der Waals surface area contributed by atoms with Crippen molar-refractivity contribution in [2.24, 2.45) is 11.8 Å². The summed E-state index contributed by atoms with van der Waals surface area (Å²) < 4.78 is 34.5. The van der Waals surface area contributed by atoms with Crippen LogP contribution < -0.4 is 14.4 Å². The van der Waals surface area contributed by atoms with Gasteiger partial charge in [-0.05, 0) is 112 Å². The van der Waals surface area contributed by atoms with Crippen LogP contribution in [0.1, 0.15) is 73.9 Å². The lowest BCUT2D eigenvalue weighted by molar-refractivity contribution is -0.0312. The van der Waals surface area contributed by atoms with Gasteiger partial charge in [-0.3, -0.25) is 4.79 Å². The van der Waals surface area contributed by atoms with E-state index in [1.165, 1.54) is 5.56 Å². The number of halogens is 1. The maximum absolute atomic E-state index is 13.2. The Balaban J connectivity index is 1.55. The fraction of sp³-hybridized carbons (Fsp3) is 0.516. The molecule has 9 heteroatoms. The van der Waals surface area contributed by atoms with Crippen molar-refractivity contribution in [1.82, 2.24) is 4.72 Å². The molecule has 2 heterocycles. The molecule has 3 aliphatic rings. The number of anilines is 1. The molecular formula is C31H39ClN2O5S. The number of allylic oxidation sites excluding steroid dienone is 1. The summed E-state index contributed by atoms with van der Waals surface area (Å²) in [5, 5.41) is 11.3. The molecule has 0 unspecified atom stereocenters. The third kappa shape index (κ3) is 6.34. The summed E-state index contributed by atoms with van der Waals surface area (Å²) in [6.07, 6.45) is 9.27. The first kappa shape index (κ1) is 29.0. The number of benzene rings is 2. The van der Waals surface area contributed by atoms with Gasteiger partial charge in [-0.25, -0.2) is 13.1 Å². The van der Waals surface area contributed by atoms with Crippen molar-refractivity contribution < 1.29 is 23.1 Å². The maximum Gasteiger partial charge on any atom is 0.264 e. The summed E-state index contributed by atoms with van der Waals surface area (Å²) in [6.45, 7) is 5.27. The van der Waals surface area contributed by atoms with Crippen molar-refractivity contribution in [1.29, 1.82) is 0 Å². The number of nitrogens with zero attached hydrogens (tertiary/aromatic N) is 1. The molecule has 2 N–H and O–H groups in total. The number of carbonyl (C=O) groups is 1. The number of aliphatic hydroxyl groups is 1. The molecule has 216 valence electrons. The summed E-state index contributed by atoms with van der Waals surface area (Å²) >= 11 is 6.29. The second-order valence-corrected chi connectivity index (χ2v) is 14.3. The summed E-state index contributed by atoms with van der Waals surface area (Å²) in [4.78, 5) is 15.4. The highest BCUT2D eigenvalue weighted by Crippen LogP contribution is 2.44. The van der Waals surface area contributed by atoms with E-state index in [0.29, 0.717) is 36.8 Å². The second-order valence-electron chi connectivity index (χ2n) is 11.7. The zero-order valence-electron chi connectivity index (χ0n) is 23.2. The van der Waals surface area contributed by atoms with Crippen molar-refractivity contribution in [2.45, 2.75) is 76.3 Å². The van der Waals surface area contributed by atoms with Crippen molar-refractivity contribution in [3.8, 4) is 5.75 Å². The van der Waals surface area contributed by atoms with Crippen LogP contribution in [-0.2, 0) is 23.1 Å². The van der Waals surface area contributed by atoms with E-state index < -0.39 is 26.8 Å². The van der Waals surface area contributed by atoms with Crippen LogP contribution in [0.3, 0.4) is 0 Å². The highest BCUT2D eigenvalue weighted by Gasteiger charge is 2.43. The van der Waals surface area contributed by atoms with E-state index in [4.69, 9.17) is 16.3 Å². The normalized spacial score (nSPS) is 29.9. The quantitative estimate of drug-likeness (QED) is 0.388. The van der Waals surface area contributed by atoms with Gasteiger partial charge in [-0.15, -0.1) is 0 Å². The van der Waals surface area contributed by atoms with Crippen LogP contribution in [-0.4, -0.2) is 43.4 Å². The number of aryl methyl sites for hydroxylation is 1. The minimum Gasteiger partial charge on any atom is -0.487 e. The molecule has 1 aliphatic carbocycles. The second kappa shape index (κ2) is 11.7. The Labute approximate surface area is 242 Å². The molecule has 0 spiro atoms. The van der Waals surface area contributed by atoms with Gasteiger partial charge in [-0.2, -0.15) is 0 Å². The molecule has 1 amide bonds. The van der Waals surface area contributed by atoms with Gasteiger partial charge in [0.05, 0.1) is 16.5 Å². The van der Waals surface area contributed by atoms with Gasteiger partial charge in [-0.1, -0.05) is 29.8 Å². The Morgan fingerprint density at radius 3 is 2.70 bits per heavy atom. The van der Waals surface area contributed by atoms with Crippen LogP contribution in [0.4, 0.5) is 5.69 Å². The Morgan fingerprint density at radius 1 is 1.10 bits per heavy atom. The smallest absolute Gasteiger partial charge is 0.264 e. The molecule has 0 radical (unpaired) electrons. The Bertz CT molecular complexity index is 1390. The van der Waals surface area contributed by atoms with Crippen LogP contribution in [0.2, 0.25) is 5.02 Å². The van der Waals surface area contributed by atoms with E-state index in [2.05, 4.69) is 9.62 Å². The molecule has 1 fully saturated rings. The summed E-state index contributed by atoms with van der Waals surface area (Å²) in [6, 6.07) is 11.0. The number of fused-ring (bicyclic) bond motifs is 3. The summed E-state index contributed by atoms with van der Waals surface area (Å²) in [5.74, 6) is 0.367. The lowest BCUT2D eigenvalue weighted by atomic mass is 9.65. The molecule has 2 aromatic carbocycles. The highest BCUT2D eigenvalue weighted by molar-refractivity contribution is 7.90. The van der Waals surface area contributed by atoms with Gasteiger partial charge < -0.3 is 14.7 Å². The van der Waals surface area contributed by atoms with E-state index in [0.717, 1.165) is 49.9 Å². The van der Waals surface area contributed by atoms with Gasteiger partial charge >= 0.3 is 0 Å². The number of rotatable bonds is 0. The molecule has 5 rings (SSSR count). The molecule has 2 aliphatic heterocycles. The van der Waals surface area contributed by atoms with E-state index in [9.17, 15) is 18.3 Å². The molecule has 2 aromatic rings. The van der Waals surface area contributed by atoms with Crippen LogP contribution in [0.5, 0.6) is 5.75 Å². The van der Waals surface area contributed by atoms with E-state index >= 15 is 0 Å². The zero-order valence-corrected chi connectivity index (χ0v) is 24.8. The number of nitrogens with one attached hydrogen (secondary N) is 1. The van der Waals surface area contributed by atoms with Gasteiger partial charge in [0, 0.05) is 23.7 Å². The molecule has 4 atom stereocenters. The first-order chi connectivity index (χ1) is 19.0. The number of sulfonamides is 1. The van der Waals surface area contributed by atoms with Crippen LogP contribution in [0.15, 0.2) is 48.6 Å². The third-order valence-electron chi connectivity index (χ3n) is 8.82. The number of hydrogen-bond donors (Lipinski definition) is 2. The number of hydrogen-bond acceptors (Lipinski definition) is 6. The fourth-order valence-corrected chi connectivity index (χ4v) is 7.36. The first-order valence-corrected chi connectivity index (χ1v) is 16.2. The molecule has 7 nitrogen and oxygen atoms in total. The topological polar surface area (TPSA) is 95.9 Å². The van der Waals surface area contributed by atoms with E-state index in [-0.39, 0.29) is 17.4 Å². The molecule has 40 heavy (non-hydrogen) atoms. The predicted octanol–water partition coefficient (Wildman–Crippen LogP) is 5.64. The average molecular weight is 587 g/mol. The van der Waals surface area contributed by atoms with Gasteiger partial charge in [0.1, 0.15) is 12.4 Å². The van der Waals surface area contributed by atoms with Crippen molar-refractivity contribution in [2.75, 3.05) is 18.0 Å². The molecule has 0 aromatic heterocycles. The van der Waals surface area contributed by atoms with Gasteiger partial charge in [0.15, 0.2) is 0 Å². The van der Waals surface area contributed by atoms with E-state index in [1.54, 1.807) is 25.1 Å². The minimum atomic E-state index is -3.88. The lowest BCUT2D eigenvalue weighted by Crippen LogP contribution is -2.48. The van der Waals surface area contributed by atoms with Crippen molar-refractivity contribution in [3.63, 3.8) is 0 Å². The van der Waals surface area contributed by atoms with Crippen molar-refractivity contribution >= 4 is 33.2 Å². The number of carbonyl (C=O) groups excluding carboxylic acids is 1. The molecule has 1 saturated carbocycles. The molecule has 0 saturated heterocycles. The summed E-state index contributed by atoms with van der Waals surface area (Å²) in [7, 11) is -3.88. The Kier molecular flexibility index (Phi) is 8.50. The average Bonchev–Trinajstić information content (AvgIpc) is 2.91. The Morgan fingerprint density at radius 2 is 1.93 bits per heavy atom. The van der Waals surface area contributed by atoms with Crippen LogP contribution in [0.25, 0.3) is 0 Å². The monoisotopic (exact) mass is 586 g/mol. The fourth-order valence-electron chi connectivity index (χ4n) is 6.14. The predicted molar refractivity (Wildman–Crippen MR) is 158 cm³/mol.